The summed E-state index contributed by atoms with van der Waals surface area (Å²) in [6.07, 6.45) is 7.33. The van der Waals surface area contributed by atoms with Crippen molar-refractivity contribution in [3.63, 3.8) is 0 Å². The molecule has 0 radical (unpaired) electrons. The quantitative estimate of drug-likeness (QED) is 0.593. The van der Waals surface area contributed by atoms with Gasteiger partial charge < -0.3 is 15.8 Å². The first-order valence-corrected chi connectivity index (χ1v) is 9.31. The van der Waals surface area contributed by atoms with Gasteiger partial charge in [0.2, 0.25) is 0 Å². The molecule has 1 aliphatic carbocycles. The van der Waals surface area contributed by atoms with Crippen LogP contribution in [0.2, 0.25) is 0 Å². The first-order valence-electron chi connectivity index (χ1n) is 9.31. The summed E-state index contributed by atoms with van der Waals surface area (Å²) in [6, 6.07) is 14.2. The molecule has 0 aliphatic heterocycles. The Hall–Kier alpha value is -2.56. The van der Waals surface area contributed by atoms with Crippen molar-refractivity contribution in [2.45, 2.75) is 37.5 Å². The number of pyridine rings is 1. The molecule has 1 aliphatic rings. The zero-order chi connectivity index (χ0) is 18.2. The van der Waals surface area contributed by atoms with Crippen molar-refractivity contribution < 1.29 is 4.74 Å². The van der Waals surface area contributed by atoms with Crippen molar-refractivity contribution in [2.24, 2.45) is 10.7 Å². The first kappa shape index (κ1) is 18.2. The van der Waals surface area contributed by atoms with Crippen LogP contribution in [0.1, 0.15) is 36.9 Å². The number of ether oxygens (including phenoxy) is 1. The van der Waals surface area contributed by atoms with Gasteiger partial charge in [0.15, 0.2) is 5.96 Å². The number of rotatable bonds is 7. The molecule has 5 heteroatoms. The number of benzene rings is 1. The summed E-state index contributed by atoms with van der Waals surface area (Å²) >= 11 is 0. The van der Waals surface area contributed by atoms with Crippen LogP contribution < -0.4 is 15.8 Å². The molecule has 1 aromatic heterocycles. The molecular formula is C21H28N4O. The highest BCUT2D eigenvalue weighted by atomic mass is 16.5. The van der Waals surface area contributed by atoms with E-state index in [2.05, 4.69) is 27.4 Å². The summed E-state index contributed by atoms with van der Waals surface area (Å²) in [5, 5.41) is 3.21. The molecule has 1 aromatic carbocycles. The van der Waals surface area contributed by atoms with Gasteiger partial charge in [-0.25, -0.2) is 0 Å². The number of methoxy groups -OCH3 is 1. The summed E-state index contributed by atoms with van der Waals surface area (Å²) in [5.41, 5.74) is 8.44. The summed E-state index contributed by atoms with van der Waals surface area (Å²) in [4.78, 5) is 8.99. The van der Waals surface area contributed by atoms with Gasteiger partial charge in [-0.1, -0.05) is 37.1 Å². The highest BCUT2D eigenvalue weighted by Crippen LogP contribution is 2.44. The molecular weight excluding hydrogens is 324 g/mol. The summed E-state index contributed by atoms with van der Waals surface area (Å²) in [7, 11) is 1.73. The minimum atomic E-state index is 0.0277. The lowest BCUT2D eigenvalue weighted by Gasteiger charge is -2.29. The lowest BCUT2D eigenvalue weighted by molar-refractivity contribution is 0.378. The van der Waals surface area contributed by atoms with E-state index in [9.17, 15) is 0 Å². The Morgan fingerprint density at radius 3 is 2.69 bits per heavy atom. The van der Waals surface area contributed by atoms with E-state index in [4.69, 9.17) is 10.5 Å². The van der Waals surface area contributed by atoms with Crippen LogP contribution in [0.5, 0.6) is 5.75 Å². The molecule has 1 heterocycles. The number of aliphatic imine (C=N–C) groups is 1. The molecule has 0 spiro atoms. The van der Waals surface area contributed by atoms with Crippen LogP contribution >= 0.6 is 0 Å². The molecule has 138 valence electrons. The fourth-order valence-electron chi connectivity index (χ4n) is 3.80. The third-order valence-electron chi connectivity index (χ3n) is 5.20. The second-order valence-electron chi connectivity index (χ2n) is 6.89. The predicted octanol–water partition coefficient (Wildman–Crippen LogP) is 3.05. The van der Waals surface area contributed by atoms with Crippen molar-refractivity contribution in [3.8, 4) is 5.75 Å². The van der Waals surface area contributed by atoms with Crippen LogP contribution in [-0.4, -0.2) is 31.1 Å². The summed E-state index contributed by atoms with van der Waals surface area (Å²) in [6.45, 7) is 1.42. The van der Waals surface area contributed by atoms with E-state index >= 15 is 0 Å². The molecule has 0 atom stereocenters. The second-order valence-corrected chi connectivity index (χ2v) is 6.89. The number of nitrogens with one attached hydrogen (secondary N) is 1. The molecule has 0 saturated heterocycles. The van der Waals surface area contributed by atoms with Crippen LogP contribution in [0.15, 0.2) is 53.7 Å². The number of hydrogen-bond acceptors (Lipinski definition) is 3. The SMILES string of the molecule is COc1ccccc1C1(CN=C(N)NCCc2ccccn2)CCCC1. The van der Waals surface area contributed by atoms with Crippen molar-refractivity contribution in [2.75, 3.05) is 20.2 Å². The van der Waals surface area contributed by atoms with Gasteiger partial charge in [-0.15, -0.1) is 0 Å². The number of hydrogen-bond donors (Lipinski definition) is 2. The van der Waals surface area contributed by atoms with E-state index in [1.165, 1.54) is 18.4 Å². The Labute approximate surface area is 155 Å². The normalized spacial score (nSPS) is 16.4. The van der Waals surface area contributed by atoms with E-state index in [1.807, 2.05) is 36.5 Å². The van der Waals surface area contributed by atoms with Gasteiger partial charge >= 0.3 is 0 Å². The smallest absolute Gasteiger partial charge is 0.188 e. The van der Waals surface area contributed by atoms with Crippen LogP contribution in [0.3, 0.4) is 0 Å². The fraction of sp³-hybridized carbons (Fsp3) is 0.429. The Balaban J connectivity index is 1.63. The van der Waals surface area contributed by atoms with E-state index in [0.717, 1.165) is 37.3 Å². The minimum Gasteiger partial charge on any atom is -0.496 e. The third-order valence-corrected chi connectivity index (χ3v) is 5.20. The Morgan fingerprint density at radius 1 is 1.19 bits per heavy atom. The lowest BCUT2D eigenvalue weighted by Crippen LogP contribution is -2.36. The number of nitrogens with two attached hydrogens (primary N) is 1. The van der Waals surface area contributed by atoms with E-state index < -0.39 is 0 Å². The predicted molar refractivity (Wildman–Crippen MR) is 106 cm³/mol. The Bertz CT molecular complexity index is 724. The van der Waals surface area contributed by atoms with E-state index in [1.54, 1.807) is 7.11 Å². The molecule has 0 unspecified atom stereocenters. The molecule has 1 fully saturated rings. The first-order chi connectivity index (χ1) is 12.7. The number of nitrogens with zero attached hydrogens (tertiary/aromatic N) is 2. The molecule has 3 N–H and O–H groups in total. The van der Waals surface area contributed by atoms with Gasteiger partial charge in [0.1, 0.15) is 5.75 Å². The van der Waals surface area contributed by atoms with E-state index in [0.29, 0.717) is 12.5 Å². The van der Waals surface area contributed by atoms with Crippen LogP contribution in [0.25, 0.3) is 0 Å². The maximum Gasteiger partial charge on any atom is 0.188 e. The van der Waals surface area contributed by atoms with Gasteiger partial charge in [-0.3, -0.25) is 9.98 Å². The van der Waals surface area contributed by atoms with Crippen LogP contribution in [-0.2, 0) is 11.8 Å². The third kappa shape index (κ3) is 4.34. The van der Waals surface area contributed by atoms with Gasteiger partial charge in [0, 0.05) is 35.8 Å². The highest BCUT2D eigenvalue weighted by molar-refractivity contribution is 5.77. The molecule has 5 nitrogen and oxygen atoms in total. The molecule has 2 aromatic rings. The fourth-order valence-corrected chi connectivity index (χ4v) is 3.80. The average Bonchev–Trinajstić information content (AvgIpc) is 3.17. The average molecular weight is 352 g/mol. The Kier molecular flexibility index (Phi) is 6.10. The zero-order valence-electron chi connectivity index (χ0n) is 15.4. The summed E-state index contributed by atoms with van der Waals surface area (Å²) < 4.78 is 5.60. The standard InChI is InChI=1S/C21H28N4O/c1-26-19-10-3-2-9-18(19)21(12-5-6-13-21)16-25-20(22)24-15-11-17-8-4-7-14-23-17/h2-4,7-10,14H,5-6,11-13,15-16H2,1H3,(H3,22,24,25). The van der Waals surface area contributed by atoms with Crippen molar-refractivity contribution >= 4 is 5.96 Å². The lowest BCUT2D eigenvalue weighted by atomic mass is 9.78. The van der Waals surface area contributed by atoms with E-state index in [-0.39, 0.29) is 5.41 Å². The van der Waals surface area contributed by atoms with Gasteiger partial charge in [-0.2, -0.15) is 0 Å². The summed E-state index contributed by atoms with van der Waals surface area (Å²) in [5.74, 6) is 1.45. The highest BCUT2D eigenvalue weighted by Gasteiger charge is 2.37. The minimum absolute atomic E-state index is 0.0277. The molecule has 0 bridgehead atoms. The molecule has 26 heavy (non-hydrogen) atoms. The van der Waals surface area contributed by atoms with Gasteiger partial charge in [-0.05, 0) is 31.0 Å². The number of guanidine groups is 1. The second kappa shape index (κ2) is 8.70. The van der Waals surface area contributed by atoms with Crippen molar-refractivity contribution in [3.05, 3.63) is 59.9 Å². The number of para-hydroxylation sites is 1. The van der Waals surface area contributed by atoms with Crippen molar-refractivity contribution in [1.82, 2.24) is 10.3 Å². The molecule has 0 amide bonds. The van der Waals surface area contributed by atoms with Crippen LogP contribution in [0, 0.1) is 0 Å². The zero-order valence-corrected chi connectivity index (χ0v) is 15.4. The van der Waals surface area contributed by atoms with Crippen molar-refractivity contribution in [1.29, 1.82) is 0 Å². The molecule has 1 saturated carbocycles. The molecule has 3 rings (SSSR count). The maximum atomic E-state index is 6.11. The van der Waals surface area contributed by atoms with Gasteiger partial charge in [0.05, 0.1) is 13.7 Å². The maximum absolute atomic E-state index is 6.11. The van der Waals surface area contributed by atoms with Crippen LogP contribution in [0.4, 0.5) is 0 Å². The number of aromatic nitrogens is 1. The monoisotopic (exact) mass is 352 g/mol. The topological polar surface area (TPSA) is 72.5 Å². The Morgan fingerprint density at radius 2 is 1.96 bits per heavy atom. The largest absolute Gasteiger partial charge is 0.496 e. The van der Waals surface area contributed by atoms with Gasteiger partial charge in [0.25, 0.3) is 0 Å².